The van der Waals surface area contributed by atoms with E-state index in [2.05, 4.69) is 5.43 Å². The number of hydrazine groups is 1. The van der Waals surface area contributed by atoms with E-state index in [0.717, 1.165) is 18.8 Å². The zero-order valence-corrected chi connectivity index (χ0v) is 9.35. The molecule has 1 aliphatic rings. The Morgan fingerprint density at radius 1 is 1.41 bits per heavy atom. The third kappa shape index (κ3) is 2.86. The van der Waals surface area contributed by atoms with Crippen molar-refractivity contribution in [1.82, 2.24) is 5.01 Å². The molecule has 0 atom stereocenters. The van der Waals surface area contributed by atoms with Crippen LogP contribution in [0.25, 0.3) is 0 Å². The topological polar surface area (TPSA) is 87.8 Å². The molecule has 0 spiro atoms. The van der Waals surface area contributed by atoms with Gasteiger partial charge in [-0.2, -0.15) is 0 Å². The standard InChI is InChI=1S/C11H15N3O3/c12-9-7-8(11(15)16)1-2-10(9)13-14-3-5-17-6-4-14/h1-2,7,13H,3-6,12H2,(H,15,16). The van der Waals surface area contributed by atoms with E-state index in [-0.39, 0.29) is 5.56 Å². The summed E-state index contributed by atoms with van der Waals surface area (Å²) in [5, 5.41) is 10.8. The predicted octanol–water partition coefficient (Wildman–Crippen LogP) is 0.626. The molecule has 4 N–H and O–H groups in total. The number of ether oxygens (including phenoxy) is 1. The Labute approximate surface area is 98.9 Å². The summed E-state index contributed by atoms with van der Waals surface area (Å²) < 4.78 is 5.23. The van der Waals surface area contributed by atoms with Crippen molar-refractivity contribution in [3.63, 3.8) is 0 Å². The minimum atomic E-state index is -0.977. The van der Waals surface area contributed by atoms with Crippen molar-refractivity contribution in [2.75, 3.05) is 37.5 Å². The minimum Gasteiger partial charge on any atom is -0.478 e. The van der Waals surface area contributed by atoms with Crippen molar-refractivity contribution in [2.24, 2.45) is 0 Å². The van der Waals surface area contributed by atoms with Crippen LogP contribution in [0.1, 0.15) is 10.4 Å². The van der Waals surface area contributed by atoms with Crippen molar-refractivity contribution in [1.29, 1.82) is 0 Å². The highest BCUT2D eigenvalue weighted by atomic mass is 16.5. The number of benzene rings is 1. The molecule has 1 fully saturated rings. The van der Waals surface area contributed by atoms with E-state index >= 15 is 0 Å². The molecule has 92 valence electrons. The number of nitrogens with one attached hydrogen (secondary N) is 1. The molecule has 2 rings (SSSR count). The maximum atomic E-state index is 10.8. The number of hydrogen-bond acceptors (Lipinski definition) is 5. The minimum absolute atomic E-state index is 0.190. The van der Waals surface area contributed by atoms with Gasteiger partial charge in [0.1, 0.15) is 0 Å². The monoisotopic (exact) mass is 237 g/mol. The van der Waals surface area contributed by atoms with Gasteiger partial charge in [-0.05, 0) is 18.2 Å². The lowest BCUT2D eigenvalue weighted by Gasteiger charge is -2.28. The first-order valence-corrected chi connectivity index (χ1v) is 5.39. The lowest BCUT2D eigenvalue weighted by atomic mass is 10.2. The molecule has 0 saturated carbocycles. The molecule has 0 radical (unpaired) electrons. The van der Waals surface area contributed by atoms with Crippen molar-refractivity contribution < 1.29 is 14.6 Å². The third-order valence-electron chi connectivity index (χ3n) is 2.59. The van der Waals surface area contributed by atoms with Crippen molar-refractivity contribution in [3.8, 4) is 0 Å². The van der Waals surface area contributed by atoms with Gasteiger partial charge in [-0.3, -0.25) is 0 Å². The number of nitrogens with two attached hydrogens (primary N) is 1. The van der Waals surface area contributed by atoms with Crippen LogP contribution >= 0.6 is 0 Å². The molecule has 1 saturated heterocycles. The Morgan fingerprint density at radius 3 is 2.71 bits per heavy atom. The summed E-state index contributed by atoms with van der Waals surface area (Å²) in [4.78, 5) is 10.8. The zero-order valence-electron chi connectivity index (χ0n) is 9.35. The molecule has 1 aliphatic heterocycles. The largest absolute Gasteiger partial charge is 0.478 e. The van der Waals surface area contributed by atoms with E-state index < -0.39 is 5.97 Å². The molecule has 0 bridgehead atoms. The van der Waals surface area contributed by atoms with Gasteiger partial charge in [0.2, 0.25) is 0 Å². The van der Waals surface area contributed by atoms with Gasteiger partial charge in [-0.25, -0.2) is 9.80 Å². The van der Waals surface area contributed by atoms with Gasteiger partial charge in [0.25, 0.3) is 0 Å². The second-order valence-electron chi connectivity index (χ2n) is 3.82. The quantitative estimate of drug-likeness (QED) is 0.668. The Bertz CT molecular complexity index is 416. The SMILES string of the molecule is Nc1cc(C(=O)O)ccc1NN1CCOCC1. The molecule has 0 amide bonds. The first kappa shape index (κ1) is 11.7. The smallest absolute Gasteiger partial charge is 0.335 e. The van der Waals surface area contributed by atoms with Crippen LogP contribution in [0.4, 0.5) is 11.4 Å². The van der Waals surface area contributed by atoms with Crippen LogP contribution in [0.2, 0.25) is 0 Å². The number of aromatic carboxylic acids is 1. The number of anilines is 2. The summed E-state index contributed by atoms with van der Waals surface area (Å²) >= 11 is 0. The molecule has 6 heteroatoms. The van der Waals surface area contributed by atoms with E-state index in [9.17, 15) is 4.79 Å². The average molecular weight is 237 g/mol. The zero-order chi connectivity index (χ0) is 12.3. The highest BCUT2D eigenvalue weighted by Gasteiger charge is 2.12. The lowest BCUT2D eigenvalue weighted by Crippen LogP contribution is -2.40. The number of carbonyl (C=O) groups is 1. The second-order valence-corrected chi connectivity index (χ2v) is 3.82. The highest BCUT2D eigenvalue weighted by Crippen LogP contribution is 2.20. The first-order valence-electron chi connectivity index (χ1n) is 5.39. The molecule has 0 aromatic heterocycles. The van der Waals surface area contributed by atoms with Gasteiger partial charge in [0.15, 0.2) is 0 Å². The summed E-state index contributed by atoms with van der Waals surface area (Å²) in [6.45, 7) is 2.92. The Morgan fingerprint density at radius 2 is 2.12 bits per heavy atom. The molecule has 1 aromatic rings. The molecule has 17 heavy (non-hydrogen) atoms. The fraction of sp³-hybridized carbons (Fsp3) is 0.364. The number of rotatable bonds is 3. The number of morpholine rings is 1. The Hall–Kier alpha value is -1.79. The molecular formula is C11H15N3O3. The van der Waals surface area contributed by atoms with Crippen molar-refractivity contribution >= 4 is 17.3 Å². The number of nitrogens with zero attached hydrogens (tertiary/aromatic N) is 1. The van der Waals surface area contributed by atoms with Crippen LogP contribution in [0, 0.1) is 0 Å². The maximum absolute atomic E-state index is 10.8. The van der Waals surface area contributed by atoms with Gasteiger partial charge in [-0.15, -0.1) is 0 Å². The lowest BCUT2D eigenvalue weighted by molar-refractivity contribution is 0.0497. The van der Waals surface area contributed by atoms with E-state index in [1.165, 1.54) is 12.1 Å². The van der Waals surface area contributed by atoms with Gasteiger partial charge >= 0.3 is 5.97 Å². The summed E-state index contributed by atoms with van der Waals surface area (Å²) in [5.74, 6) is -0.977. The highest BCUT2D eigenvalue weighted by molar-refractivity contribution is 5.90. The van der Waals surface area contributed by atoms with E-state index in [1.807, 2.05) is 5.01 Å². The number of hydrogen-bond donors (Lipinski definition) is 3. The van der Waals surface area contributed by atoms with E-state index in [4.69, 9.17) is 15.6 Å². The molecule has 0 aliphatic carbocycles. The van der Waals surface area contributed by atoms with Crippen molar-refractivity contribution in [3.05, 3.63) is 23.8 Å². The summed E-state index contributed by atoms with van der Waals surface area (Å²) in [6.07, 6.45) is 0. The summed E-state index contributed by atoms with van der Waals surface area (Å²) in [7, 11) is 0. The Kier molecular flexibility index (Phi) is 3.46. The van der Waals surface area contributed by atoms with Gasteiger partial charge in [0.05, 0.1) is 30.2 Å². The maximum Gasteiger partial charge on any atom is 0.335 e. The summed E-state index contributed by atoms with van der Waals surface area (Å²) in [6, 6.07) is 4.65. The predicted molar refractivity (Wildman–Crippen MR) is 63.8 cm³/mol. The third-order valence-corrected chi connectivity index (χ3v) is 2.59. The van der Waals surface area contributed by atoms with Crippen LogP contribution in [0.5, 0.6) is 0 Å². The van der Waals surface area contributed by atoms with Crippen molar-refractivity contribution in [2.45, 2.75) is 0 Å². The number of nitrogen functional groups attached to an aromatic ring is 1. The molecule has 1 aromatic carbocycles. The Balaban J connectivity index is 2.08. The van der Waals surface area contributed by atoms with Gasteiger partial charge < -0.3 is 21.0 Å². The molecule has 0 unspecified atom stereocenters. The van der Waals surface area contributed by atoms with E-state index in [1.54, 1.807) is 6.07 Å². The van der Waals surface area contributed by atoms with Gasteiger partial charge in [0, 0.05) is 13.1 Å². The number of carboxylic acids is 1. The van der Waals surface area contributed by atoms with Crippen LogP contribution in [0.15, 0.2) is 18.2 Å². The van der Waals surface area contributed by atoms with Gasteiger partial charge in [-0.1, -0.05) is 0 Å². The fourth-order valence-corrected chi connectivity index (χ4v) is 1.64. The van der Waals surface area contributed by atoms with Crippen LogP contribution in [0.3, 0.4) is 0 Å². The fourth-order valence-electron chi connectivity index (χ4n) is 1.64. The molecule has 1 heterocycles. The van der Waals surface area contributed by atoms with Crippen LogP contribution < -0.4 is 11.2 Å². The van der Waals surface area contributed by atoms with Crippen LogP contribution in [-0.4, -0.2) is 42.4 Å². The first-order chi connectivity index (χ1) is 8.16. The average Bonchev–Trinajstić information content (AvgIpc) is 2.33. The van der Waals surface area contributed by atoms with E-state index in [0.29, 0.717) is 18.9 Å². The normalized spacial score (nSPS) is 16.7. The molecule has 6 nitrogen and oxygen atoms in total. The second kappa shape index (κ2) is 5.03. The van der Waals surface area contributed by atoms with Crippen LogP contribution in [-0.2, 0) is 4.74 Å². The number of carboxylic acid groups (broad SMARTS) is 1. The molecular weight excluding hydrogens is 222 g/mol. The summed E-state index contributed by atoms with van der Waals surface area (Å²) in [5.41, 5.74) is 10.3.